The number of hydrogen-bond donors (Lipinski definition) is 2. The first-order chi connectivity index (χ1) is 16.3. The van der Waals surface area contributed by atoms with Crippen LogP contribution < -0.4 is 20.3 Å². The summed E-state index contributed by atoms with van der Waals surface area (Å²) in [5.41, 5.74) is 2.25. The van der Waals surface area contributed by atoms with Crippen LogP contribution in [-0.4, -0.2) is 40.1 Å². The molecule has 3 aromatic rings. The van der Waals surface area contributed by atoms with Gasteiger partial charge in [-0.1, -0.05) is 6.07 Å². The van der Waals surface area contributed by atoms with Crippen molar-refractivity contribution in [3.8, 4) is 5.75 Å². The van der Waals surface area contributed by atoms with Crippen LogP contribution >= 0.6 is 0 Å². The summed E-state index contributed by atoms with van der Waals surface area (Å²) in [6.45, 7) is 4.30. The van der Waals surface area contributed by atoms with Gasteiger partial charge in [0.25, 0.3) is 0 Å². The predicted octanol–water partition coefficient (Wildman–Crippen LogP) is 4.35. The van der Waals surface area contributed by atoms with E-state index in [0.717, 1.165) is 11.3 Å². The molecular weight excluding hydrogens is 449 g/mol. The molecule has 0 saturated carbocycles. The zero-order valence-electron chi connectivity index (χ0n) is 18.6. The van der Waals surface area contributed by atoms with E-state index in [1.165, 1.54) is 13.3 Å². The van der Waals surface area contributed by atoms with E-state index in [1.54, 1.807) is 12.1 Å². The Balaban J connectivity index is 1.40. The van der Waals surface area contributed by atoms with Gasteiger partial charge in [-0.2, -0.15) is 4.98 Å². The van der Waals surface area contributed by atoms with Gasteiger partial charge in [0.2, 0.25) is 17.8 Å². The van der Waals surface area contributed by atoms with Crippen LogP contribution in [0.25, 0.3) is 0 Å². The molecule has 34 heavy (non-hydrogen) atoms. The van der Waals surface area contributed by atoms with Gasteiger partial charge in [0.15, 0.2) is 17.4 Å². The minimum atomic E-state index is -1.06. The van der Waals surface area contributed by atoms with Crippen molar-refractivity contribution < 1.29 is 22.7 Å². The average Bonchev–Trinajstić information content (AvgIpc) is 2.79. The van der Waals surface area contributed by atoms with Gasteiger partial charge in [-0.25, -0.2) is 23.1 Å². The quantitative estimate of drug-likeness (QED) is 0.551. The van der Waals surface area contributed by atoms with Gasteiger partial charge in [-0.3, -0.25) is 4.79 Å². The SMILES string of the molecule is CC(=O)Nc1cccc(Nc2ncnc(N3CCC(Oc4c(F)cc(F)cc4F)CC3)n2)c1C. The van der Waals surface area contributed by atoms with E-state index in [0.29, 0.717) is 55.6 Å². The normalized spacial score (nSPS) is 14.1. The second kappa shape index (κ2) is 9.94. The maximum atomic E-state index is 13.9. The zero-order valence-corrected chi connectivity index (χ0v) is 18.6. The Labute approximate surface area is 194 Å². The molecule has 1 saturated heterocycles. The lowest BCUT2D eigenvalue weighted by molar-refractivity contribution is -0.114. The van der Waals surface area contributed by atoms with E-state index in [1.807, 2.05) is 17.9 Å². The van der Waals surface area contributed by atoms with Gasteiger partial charge in [0.1, 0.15) is 18.2 Å². The van der Waals surface area contributed by atoms with Crippen LogP contribution in [0.3, 0.4) is 0 Å². The molecule has 4 rings (SSSR count). The third-order valence-electron chi connectivity index (χ3n) is 5.42. The van der Waals surface area contributed by atoms with Crippen LogP contribution in [-0.2, 0) is 4.79 Å². The van der Waals surface area contributed by atoms with Gasteiger partial charge in [-0.15, -0.1) is 0 Å². The molecular formula is C23H23F3N6O2. The van der Waals surface area contributed by atoms with Crippen LogP contribution in [0, 0.1) is 24.4 Å². The lowest BCUT2D eigenvalue weighted by atomic mass is 10.1. The molecule has 1 aliphatic rings. The summed E-state index contributed by atoms with van der Waals surface area (Å²) in [5, 5.41) is 5.92. The molecule has 2 heterocycles. The highest BCUT2D eigenvalue weighted by Gasteiger charge is 2.25. The first-order valence-electron chi connectivity index (χ1n) is 10.7. The molecule has 0 bridgehead atoms. The summed E-state index contributed by atoms with van der Waals surface area (Å²) in [6, 6.07) is 6.65. The summed E-state index contributed by atoms with van der Waals surface area (Å²) in [4.78, 5) is 26.2. The molecule has 0 spiro atoms. The van der Waals surface area contributed by atoms with Crippen molar-refractivity contribution in [1.29, 1.82) is 0 Å². The zero-order chi connectivity index (χ0) is 24.2. The predicted molar refractivity (Wildman–Crippen MR) is 121 cm³/mol. The lowest BCUT2D eigenvalue weighted by Gasteiger charge is -2.32. The number of hydrogen-bond acceptors (Lipinski definition) is 7. The Bertz CT molecular complexity index is 1180. The molecule has 0 radical (unpaired) electrons. The van der Waals surface area contributed by atoms with E-state index in [4.69, 9.17) is 4.74 Å². The average molecular weight is 472 g/mol. The number of ether oxygens (including phenoxy) is 1. The second-order valence-electron chi connectivity index (χ2n) is 7.90. The monoisotopic (exact) mass is 472 g/mol. The molecule has 0 atom stereocenters. The van der Waals surface area contributed by atoms with Crippen LogP contribution in [0.5, 0.6) is 5.75 Å². The maximum absolute atomic E-state index is 13.9. The van der Waals surface area contributed by atoms with Gasteiger partial charge in [-0.05, 0) is 24.6 Å². The summed E-state index contributed by atoms with van der Waals surface area (Å²) in [5.74, 6) is -3.07. The van der Waals surface area contributed by atoms with Crippen molar-refractivity contribution in [2.75, 3.05) is 28.6 Å². The van der Waals surface area contributed by atoms with Crippen molar-refractivity contribution in [3.63, 3.8) is 0 Å². The number of halogens is 3. The standard InChI is InChI=1S/C23H23F3N6O2/c1-13-19(29-14(2)33)4-3-5-20(13)30-22-27-12-28-23(31-22)32-8-6-16(7-9-32)34-21-17(25)10-15(24)11-18(21)26/h3-5,10-12,16H,6-9H2,1-2H3,(H,29,33)(H,27,28,30,31). The molecule has 8 nitrogen and oxygen atoms in total. The number of aromatic nitrogens is 3. The molecule has 1 aliphatic heterocycles. The Morgan fingerprint density at radius 3 is 2.44 bits per heavy atom. The maximum Gasteiger partial charge on any atom is 0.232 e. The molecule has 0 aliphatic carbocycles. The number of carbonyl (C=O) groups excluding carboxylic acids is 1. The number of anilines is 4. The van der Waals surface area contributed by atoms with E-state index < -0.39 is 29.3 Å². The van der Waals surface area contributed by atoms with E-state index in [9.17, 15) is 18.0 Å². The van der Waals surface area contributed by atoms with Crippen molar-refractivity contribution in [2.24, 2.45) is 0 Å². The van der Waals surface area contributed by atoms with Gasteiger partial charge >= 0.3 is 0 Å². The minimum absolute atomic E-state index is 0.167. The highest BCUT2D eigenvalue weighted by atomic mass is 19.1. The summed E-state index contributed by atoms with van der Waals surface area (Å²) >= 11 is 0. The molecule has 1 aromatic heterocycles. The first-order valence-corrected chi connectivity index (χ1v) is 10.7. The van der Waals surface area contributed by atoms with Crippen LogP contribution in [0.4, 0.5) is 36.4 Å². The molecule has 1 amide bonds. The highest BCUT2D eigenvalue weighted by molar-refractivity contribution is 5.90. The molecule has 2 N–H and O–H groups in total. The van der Waals surface area contributed by atoms with Gasteiger partial charge in [0, 0.05) is 56.4 Å². The molecule has 178 valence electrons. The summed E-state index contributed by atoms with van der Waals surface area (Å²) < 4.78 is 46.3. The van der Waals surface area contributed by atoms with Crippen LogP contribution in [0.15, 0.2) is 36.7 Å². The highest BCUT2D eigenvalue weighted by Crippen LogP contribution is 2.28. The number of nitrogens with zero attached hydrogens (tertiary/aromatic N) is 4. The van der Waals surface area contributed by atoms with Crippen molar-refractivity contribution in [1.82, 2.24) is 15.0 Å². The number of nitrogens with one attached hydrogen (secondary N) is 2. The van der Waals surface area contributed by atoms with Crippen molar-refractivity contribution in [3.05, 3.63) is 59.7 Å². The molecule has 1 fully saturated rings. The van der Waals surface area contributed by atoms with Crippen molar-refractivity contribution in [2.45, 2.75) is 32.8 Å². The van der Waals surface area contributed by atoms with Crippen LogP contribution in [0.1, 0.15) is 25.3 Å². The first kappa shape index (κ1) is 23.3. The van der Waals surface area contributed by atoms with E-state index in [-0.39, 0.29) is 5.91 Å². The van der Waals surface area contributed by atoms with Gasteiger partial charge < -0.3 is 20.3 Å². The number of amides is 1. The number of piperidine rings is 1. The Kier molecular flexibility index (Phi) is 6.80. The Hall–Kier alpha value is -3.89. The Morgan fingerprint density at radius 2 is 1.76 bits per heavy atom. The van der Waals surface area contributed by atoms with Crippen LogP contribution in [0.2, 0.25) is 0 Å². The lowest BCUT2D eigenvalue weighted by Crippen LogP contribution is -2.39. The van der Waals surface area contributed by atoms with E-state index in [2.05, 4.69) is 25.6 Å². The second-order valence-corrected chi connectivity index (χ2v) is 7.90. The third kappa shape index (κ3) is 5.36. The topological polar surface area (TPSA) is 92.3 Å². The fraction of sp³-hybridized carbons (Fsp3) is 0.304. The molecule has 11 heteroatoms. The largest absolute Gasteiger partial charge is 0.484 e. The summed E-state index contributed by atoms with van der Waals surface area (Å²) in [6.07, 6.45) is 1.92. The van der Waals surface area contributed by atoms with E-state index >= 15 is 0 Å². The minimum Gasteiger partial charge on any atom is -0.484 e. The Morgan fingerprint density at radius 1 is 1.09 bits per heavy atom. The van der Waals surface area contributed by atoms with Crippen molar-refractivity contribution >= 4 is 29.2 Å². The fourth-order valence-corrected chi connectivity index (χ4v) is 3.70. The smallest absolute Gasteiger partial charge is 0.232 e. The number of rotatable bonds is 6. The number of carbonyl (C=O) groups is 1. The third-order valence-corrected chi connectivity index (χ3v) is 5.42. The summed E-state index contributed by atoms with van der Waals surface area (Å²) in [7, 11) is 0. The van der Waals surface area contributed by atoms with Gasteiger partial charge in [0.05, 0.1) is 0 Å². The number of benzene rings is 2. The molecule has 0 unspecified atom stereocenters. The molecule has 2 aromatic carbocycles. The fourth-order valence-electron chi connectivity index (χ4n) is 3.70.